The van der Waals surface area contributed by atoms with Crippen molar-refractivity contribution in [2.24, 2.45) is 0 Å². The molecule has 0 aliphatic carbocycles. The number of ether oxygens (including phenoxy) is 1. The summed E-state index contributed by atoms with van der Waals surface area (Å²) in [5.41, 5.74) is 0.0604. The highest BCUT2D eigenvalue weighted by Crippen LogP contribution is 2.24. The molecule has 2 N–H and O–H groups in total. The Balaban J connectivity index is 2.00. The van der Waals surface area contributed by atoms with E-state index in [9.17, 15) is 18.8 Å². The van der Waals surface area contributed by atoms with Gasteiger partial charge in [0, 0.05) is 22.9 Å². The first kappa shape index (κ1) is 22.5. The molecular weight excluding hydrogens is 443 g/mol. The van der Waals surface area contributed by atoms with Gasteiger partial charge in [-0.2, -0.15) is 0 Å². The van der Waals surface area contributed by atoms with Crippen LogP contribution in [0.15, 0.2) is 46.9 Å². The lowest BCUT2D eigenvalue weighted by Gasteiger charge is -2.20. The number of carbonyl (C=O) groups excluding carboxylic acids is 3. The van der Waals surface area contributed by atoms with Gasteiger partial charge in [-0.25, -0.2) is 9.18 Å². The summed E-state index contributed by atoms with van der Waals surface area (Å²) in [7, 11) is 0. The number of hydrogen-bond acceptors (Lipinski definition) is 4. The third kappa shape index (κ3) is 7.65. The number of nitrogens with one attached hydrogen (secondary N) is 2. The molecule has 0 bridgehead atoms. The Hall–Kier alpha value is -2.74. The average Bonchev–Trinajstić information content (AvgIpc) is 2.61. The summed E-state index contributed by atoms with van der Waals surface area (Å²) >= 11 is 3.29. The lowest BCUT2D eigenvalue weighted by Crippen LogP contribution is -2.27. The molecule has 0 heterocycles. The minimum Gasteiger partial charge on any atom is -0.444 e. The molecule has 0 spiro atoms. The van der Waals surface area contributed by atoms with E-state index in [0.29, 0.717) is 5.56 Å². The summed E-state index contributed by atoms with van der Waals surface area (Å²) in [6.07, 6.45) is -0.820. The molecular formula is C21H22BrFN2O4. The van der Waals surface area contributed by atoms with E-state index in [4.69, 9.17) is 4.74 Å². The average molecular weight is 465 g/mol. The number of rotatable bonds is 6. The topological polar surface area (TPSA) is 84.5 Å². The monoisotopic (exact) mass is 464 g/mol. The van der Waals surface area contributed by atoms with Gasteiger partial charge in [0.1, 0.15) is 11.4 Å². The van der Waals surface area contributed by atoms with Crippen molar-refractivity contribution < 1.29 is 23.5 Å². The number of Topliss-reactive ketones (excluding diaryl/α,β-unsaturated/α-hetero) is 1. The first-order valence-corrected chi connectivity index (χ1v) is 9.71. The van der Waals surface area contributed by atoms with Crippen molar-refractivity contribution in [3.63, 3.8) is 0 Å². The number of carbonyl (C=O) groups is 3. The minimum atomic E-state index is -0.731. The van der Waals surface area contributed by atoms with Crippen LogP contribution in [-0.4, -0.2) is 23.4 Å². The van der Waals surface area contributed by atoms with E-state index in [1.54, 1.807) is 45.0 Å². The van der Waals surface area contributed by atoms with E-state index in [2.05, 4.69) is 26.6 Å². The molecule has 0 aromatic heterocycles. The van der Waals surface area contributed by atoms with Crippen molar-refractivity contribution in [2.45, 2.75) is 39.2 Å². The lowest BCUT2D eigenvalue weighted by atomic mass is 10.1. The molecule has 0 fully saturated rings. The highest BCUT2D eigenvalue weighted by Gasteiger charge is 2.18. The van der Waals surface area contributed by atoms with Gasteiger partial charge in [-0.3, -0.25) is 14.9 Å². The van der Waals surface area contributed by atoms with Crippen LogP contribution >= 0.6 is 15.9 Å². The van der Waals surface area contributed by atoms with Crippen molar-refractivity contribution in [3.8, 4) is 0 Å². The fourth-order valence-electron chi connectivity index (χ4n) is 2.36. The number of benzene rings is 2. The fourth-order valence-corrected chi connectivity index (χ4v) is 2.63. The second kappa shape index (κ2) is 9.65. The first-order chi connectivity index (χ1) is 13.5. The van der Waals surface area contributed by atoms with Gasteiger partial charge in [0.15, 0.2) is 5.78 Å². The molecule has 154 valence electrons. The maximum atomic E-state index is 13.6. The molecule has 0 aliphatic heterocycles. The molecule has 0 atom stereocenters. The van der Waals surface area contributed by atoms with E-state index in [-0.39, 0.29) is 30.0 Å². The van der Waals surface area contributed by atoms with Gasteiger partial charge < -0.3 is 10.1 Å². The molecule has 2 rings (SSSR count). The van der Waals surface area contributed by atoms with Gasteiger partial charge >= 0.3 is 6.09 Å². The number of anilines is 2. The SMILES string of the molecule is CC(C)(C)OC(=O)Nc1ccc(F)cc1NC(=O)CCC(=O)c1ccc(Br)cc1. The van der Waals surface area contributed by atoms with E-state index in [1.807, 2.05) is 0 Å². The third-order valence-electron chi connectivity index (χ3n) is 3.64. The van der Waals surface area contributed by atoms with E-state index >= 15 is 0 Å². The molecule has 2 aromatic carbocycles. The Morgan fingerprint density at radius 1 is 0.966 bits per heavy atom. The zero-order valence-corrected chi connectivity index (χ0v) is 17.9. The predicted molar refractivity (Wildman–Crippen MR) is 113 cm³/mol. The van der Waals surface area contributed by atoms with Crippen LogP contribution < -0.4 is 10.6 Å². The molecule has 2 amide bonds. The van der Waals surface area contributed by atoms with Crippen LogP contribution in [0.4, 0.5) is 20.6 Å². The highest BCUT2D eigenvalue weighted by molar-refractivity contribution is 9.10. The zero-order chi connectivity index (χ0) is 21.6. The van der Waals surface area contributed by atoms with Crippen LogP contribution in [-0.2, 0) is 9.53 Å². The van der Waals surface area contributed by atoms with Gasteiger partial charge in [0.25, 0.3) is 0 Å². The summed E-state index contributed by atoms with van der Waals surface area (Å²) in [6, 6.07) is 10.4. The van der Waals surface area contributed by atoms with Crippen molar-refractivity contribution in [2.75, 3.05) is 10.6 Å². The summed E-state index contributed by atoms with van der Waals surface area (Å²) in [4.78, 5) is 36.4. The van der Waals surface area contributed by atoms with Crippen LogP contribution in [0, 0.1) is 5.82 Å². The molecule has 0 unspecified atom stereocenters. The van der Waals surface area contributed by atoms with Gasteiger partial charge in [0.2, 0.25) is 5.91 Å². The van der Waals surface area contributed by atoms with E-state index in [0.717, 1.165) is 16.6 Å². The molecule has 0 aliphatic rings. The zero-order valence-electron chi connectivity index (χ0n) is 16.3. The molecule has 29 heavy (non-hydrogen) atoms. The Morgan fingerprint density at radius 3 is 2.24 bits per heavy atom. The summed E-state index contributed by atoms with van der Waals surface area (Å²) < 4.78 is 19.6. The van der Waals surface area contributed by atoms with Gasteiger partial charge in [0.05, 0.1) is 11.4 Å². The summed E-state index contributed by atoms with van der Waals surface area (Å²) in [5.74, 6) is -1.24. The van der Waals surface area contributed by atoms with Crippen LogP contribution in [0.25, 0.3) is 0 Å². The molecule has 0 saturated carbocycles. The van der Waals surface area contributed by atoms with Crippen molar-refractivity contribution >= 4 is 45.1 Å². The van der Waals surface area contributed by atoms with Crippen molar-refractivity contribution in [1.82, 2.24) is 0 Å². The number of ketones is 1. The fraction of sp³-hybridized carbons (Fsp3) is 0.286. The Labute approximate surface area is 177 Å². The number of halogens is 2. The van der Waals surface area contributed by atoms with Gasteiger partial charge in [-0.15, -0.1) is 0 Å². The minimum absolute atomic E-state index is 0.00237. The molecule has 0 saturated heterocycles. The quantitative estimate of drug-likeness (QED) is 0.549. The molecule has 8 heteroatoms. The number of hydrogen-bond donors (Lipinski definition) is 2. The van der Waals surface area contributed by atoms with E-state index in [1.165, 1.54) is 6.07 Å². The maximum Gasteiger partial charge on any atom is 0.412 e. The number of amides is 2. The van der Waals surface area contributed by atoms with E-state index < -0.39 is 23.4 Å². The smallest absolute Gasteiger partial charge is 0.412 e. The van der Waals surface area contributed by atoms with Crippen LogP contribution in [0.2, 0.25) is 0 Å². The van der Waals surface area contributed by atoms with Crippen LogP contribution in [0.3, 0.4) is 0 Å². The Morgan fingerprint density at radius 2 is 1.62 bits per heavy atom. The first-order valence-electron chi connectivity index (χ1n) is 8.92. The van der Waals surface area contributed by atoms with Crippen molar-refractivity contribution in [1.29, 1.82) is 0 Å². The Bertz CT molecular complexity index is 908. The second-order valence-corrected chi connectivity index (χ2v) is 8.21. The standard InChI is InChI=1S/C21H22BrFN2O4/c1-21(2,3)29-20(28)25-16-9-8-15(23)12-17(16)24-19(27)11-10-18(26)13-4-6-14(22)7-5-13/h4-9,12H,10-11H2,1-3H3,(H,24,27)(H,25,28). The van der Waals surface area contributed by atoms with Crippen LogP contribution in [0.5, 0.6) is 0 Å². The Kier molecular flexibility index (Phi) is 7.50. The van der Waals surface area contributed by atoms with Crippen molar-refractivity contribution in [3.05, 3.63) is 58.3 Å². The molecule has 6 nitrogen and oxygen atoms in total. The lowest BCUT2D eigenvalue weighted by molar-refractivity contribution is -0.116. The maximum absolute atomic E-state index is 13.6. The van der Waals surface area contributed by atoms with Gasteiger partial charge in [-0.1, -0.05) is 28.1 Å². The largest absolute Gasteiger partial charge is 0.444 e. The molecule has 0 radical (unpaired) electrons. The normalized spacial score (nSPS) is 10.9. The highest BCUT2D eigenvalue weighted by atomic mass is 79.9. The van der Waals surface area contributed by atoms with Gasteiger partial charge in [-0.05, 0) is 51.1 Å². The summed E-state index contributed by atoms with van der Waals surface area (Å²) in [6.45, 7) is 5.13. The summed E-state index contributed by atoms with van der Waals surface area (Å²) in [5, 5.41) is 5.01. The molecule has 2 aromatic rings. The van der Waals surface area contributed by atoms with Crippen LogP contribution in [0.1, 0.15) is 44.0 Å². The predicted octanol–water partition coefficient (Wildman–Crippen LogP) is 5.54. The second-order valence-electron chi connectivity index (χ2n) is 7.30. The third-order valence-corrected chi connectivity index (χ3v) is 4.17.